The first kappa shape index (κ1) is 29.3. The lowest BCUT2D eigenvalue weighted by Crippen LogP contribution is -2.24. The number of fused-ring (bicyclic) bond motifs is 1. The number of nitrogens with zero attached hydrogens (tertiary/aromatic N) is 4. The normalized spacial score (nSPS) is 12.1. The molecule has 0 aliphatic rings. The third kappa shape index (κ3) is 8.94. The number of hydrogen-bond acceptors (Lipinski definition) is 8. The van der Waals surface area contributed by atoms with E-state index >= 15 is 0 Å². The van der Waals surface area contributed by atoms with Crippen molar-refractivity contribution in [1.82, 2.24) is 19.3 Å². The van der Waals surface area contributed by atoms with E-state index in [9.17, 15) is 35.3 Å². The number of nitriles is 1. The maximum Gasteiger partial charge on any atom is 0.419 e. The van der Waals surface area contributed by atoms with Gasteiger partial charge in [-0.15, -0.1) is 0 Å². The largest absolute Gasteiger partial charge is 0.493 e. The van der Waals surface area contributed by atoms with Gasteiger partial charge in [0.1, 0.15) is 17.3 Å². The average molecular weight is 568 g/mol. The van der Waals surface area contributed by atoms with Crippen molar-refractivity contribution in [2.24, 2.45) is 7.05 Å². The molecule has 0 aliphatic heterocycles. The molecule has 3 rings (SSSR count). The van der Waals surface area contributed by atoms with Gasteiger partial charge in [-0.25, -0.2) is 31.5 Å². The van der Waals surface area contributed by atoms with Crippen LogP contribution < -0.4 is 9.46 Å². The van der Waals surface area contributed by atoms with Gasteiger partial charge in [-0.2, -0.15) is 18.4 Å². The number of imidazole rings is 1. The van der Waals surface area contributed by atoms with Gasteiger partial charge >= 0.3 is 6.18 Å². The molecule has 196 valence electrons. The van der Waals surface area contributed by atoms with Crippen LogP contribution in [0.1, 0.15) is 17.7 Å². The Bertz CT molecular complexity index is 1490. The Morgan fingerprint density at radius 2 is 1.83 bits per heavy atom. The van der Waals surface area contributed by atoms with E-state index in [1.165, 1.54) is 18.5 Å². The Morgan fingerprint density at radius 1 is 1.19 bits per heavy atom. The summed E-state index contributed by atoms with van der Waals surface area (Å²) in [5.74, 6) is -0.377. The second-order valence-corrected chi connectivity index (χ2v) is 12.3. The van der Waals surface area contributed by atoms with Gasteiger partial charge in [-0.05, 0) is 30.7 Å². The summed E-state index contributed by atoms with van der Waals surface area (Å²) in [6.45, 7) is -0.0629. The van der Waals surface area contributed by atoms with Crippen molar-refractivity contribution in [2.75, 3.05) is 25.7 Å². The minimum absolute atomic E-state index is 0.0142. The summed E-state index contributed by atoms with van der Waals surface area (Å²) in [5.41, 5.74) is 0.313. The van der Waals surface area contributed by atoms with E-state index in [0.717, 1.165) is 18.6 Å². The molecule has 0 atom stereocenters. The Labute approximate surface area is 210 Å². The molecule has 0 radical (unpaired) electrons. The molecule has 0 fully saturated rings. The van der Waals surface area contributed by atoms with Gasteiger partial charge in [0.25, 0.3) is 0 Å². The Hall–Kier alpha value is -2.93. The first-order chi connectivity index (χ1) is 16.5. The van der Waals surface area contributed by atoms with E-state index in [1.807, 2.05) is 6.07 Å². The summed E-state index contributed by atoms with van der Waals surface area (Å²) in [5, 5.41) is 9.33. The highest BCUT2D eigenvalue weighted by atomic mass is 35.7. The fourth-order valence-electron chi connectivity index (χ4n) is 2.90. The van der Waals surface area contributed by atoms with Gasteiger partial charge in [0.2, 0.25) is 19.1 Å². The molecule has 3 aromatic rings. The van der Waals surface area contributed by atoms with E-state index in [4.69, 9.17) is 4.74 Å². The van der Waals surface area contributed by atoms with Crippen molar-refractivity contribution in [1.29, 1.82) is 5.26 Å². The molecule has 2 heterocycles. The molecule has 1 N–H and O–H groups in total. The minimum Gasteiger partial charge on any atom is -0.493 e. The number of benzene rings is 1. The molecule has 36 heavy (non-hydrogen) atoms. The third-order valence-corrected chi connectivity index (χ3v) is 5.07. The van der Waals surface area contributed by atoms with Crippen LogP contribution in [0.2, 0.25) is 0 Å². The molecular formula is C20H21ClF3N5O5S2. The molecule has 0 aliphatic carbocycles. The van der Waals surface area contributed by atoms with E-state index in [1.54, 1.807) is 17.7 Å². The monoisotopic (exact) mass is 567 g/mol. The van der Waals surface area contributed by atoms with Crippen LogP contribution >= 0.6 is 10.7 Å². The maximum atomic E-state index is 13.6. The summed E-state index contributed by atoms with van der Waals surface area (Å²) in [7, 11) is -0.366. The van der Waals surface area contributed by atoms with Crippen LogP contribution in [0, 0.1) is 11.3 Å². The average Bonchev–Trinajstić information content (AvgIpc) is 3.11. The van der Waals surface area contributed by atoms with Crippen molar-refractivity contribution in [3.05, 3.63) is 41.9 Å². The minimum atomic E-state index is -4.69. The maximum absolute atomic E-state index is 13.6. The SMILES string of the molecule is CS(=O)(=O)Cl.Cn1cnc2c(C#N)nc(-c3ccc(OCCCNS(C)(=O)=O)c(C(F)(F)F)c3)cc21. The van der Waals surface area contributed by atoms with E-state index in [-0.39, 0.29) is 42.3 Å². The fourth-order valence-corrected chi connectivity index (χ4v) is 3.42. The fraction of sp³-hybridized carbons (Fsp3) is 0.350. The van der Waals surface area contributed by atoms with Gasteiger partial charge in [0, 0.05) is 29.8 Å². The van der Waals surface area contributed by atoms with Crippen LogP contribution in [0.4, 0.5) is 13.2 Å². The number of rotatable bonds is 7. The van der Waals surface area contributed by atoms with Crippen LogP contribution in [-0.2, 0) is 32.3 Å². The van der Waals surface area contributed by atoms with Gasteiger partial charge in [0.05, 0.1) is 42.2 Å². The smallest absolute Gasteiger partial charge is 0.419 e. The van der Waals surface area contributed by atoms with E-state index < -0.39 is 30.8 Å². The summed E-state index contributed by atoms with van der Waals surface area (Å²) >= 11 is 0. The quantitative estimate of drug-likeness (QED) is 0.339. The van der Waals surface area contributed by atoms with Gasteiger partial charge < -0.3 is 9.30 Å². The summed E-state index contributed by atoms with van der Waals surface area (Å²) in [6, 6.07) is 7.00. The molecule has 0 saturated carbocycles. The lowest BCUT2D eigenvalue weighted by atomic mass is 10.1. The first-order valence-corrected chi connectivity index (χ1v) is 14.5. The van der Waals surface area contributed by atoms with Crippen molar-refractivity contribution < 1.29 is 34.7 Å². The van der Waals surface area contributed by atoms with Gasteiger partial charge in [-0.1, -0.05) is 0 Å². The van der Waals surface area contributed by atoms with Crippen molar-refractivity contribution in [3.8, 4) is 23.1 Å². The van der Waals surface area contributed by atoms with Gasteiger partial charge in [0.15, 0.2) is 5.69 Å². The lowest BCUT2D eigenvalue weighted by Gasteiger charge is -2.15. The standard InChI is InChI=1S/C19H18F3N5O3S.CH3ClO2S/c1-27-11-24-18-15(10-23)26-14(9-16(18)27)12-4-5-17(13(8-12)19(20,21)22)30-7-3-6-25-31(2,28)29;1-5(2,3)4/h4-5,8-9,11,25H,3,6-7H2,1-2H3;1H3. The number of alkyl halides is 3. The molecule has 1 aromatic carbocycles. The zero-order valence-corrected chi connectivity index (χ0v) is 21.6. The predicted molar refractivity (Wildman–Crippen MR) is 127 cm³/mol. The Morgan fingerprint density at radius 3 is 2.39 bits per heavy atom. The van der Waals surface area contributed by atoms with Crippen LogP contribution in [0.3, 0.4) is 0 Å². The number of ether oxygens (including phenoxy) is 1. The highest BCUT2D eigenvalue weighted by molar-refractivity contribution is 8.13. The summed E-state index contributed by atoms with van der Waals surface area (Å²) in [4.78, 5) is 8.25. The summed E-state index contributed by atoms with van der Waals surface area (Å²) < 4.78 is 90.9. The number of sulfonamides is 1. The van der Waals surface area contributed by atoms with Gasteiger partial charge in [-0.3, -0.25) is 0 Å². The van der Waals surface area contributed by atoms with Crippen LogP contribution in [0.25, 0.3) is 22.3 Å². The molecule has 0 bridgehead atoms. The summed E-state index contributed by atoms with van der Waals surface area (Å²) in [6.07, 6.45) is -1.09. The predicted octanol–water partition coefficient (Wildman–Crippen LogP) is 3.03. The molecule has 10 nitrogen and oxygen atoms in total. The van der Waals surface area contributed by atoms with Crippen molar-refractivity contribution in [2.45, 2.75) is 12.6 Å². The molecule has 16 heteroatoms. The lowest BCUT2D eigenvalue weighted by molar-refractivity contribution is -0.138. The van der Waals surface area contributed by atoms with E-state index in [0.29, 0.717) is 11.0 Å². The third-order valence-electron chi connectivity index (χ3n) is 4.34. The first-order valence-electron chi connectivity index (χ1n) is 9.90. The molecular weight excluding hydrogens is 547 g/mol. The number of pyridine rings is 1. The number of aromatic nitrogens is 3. The Balaban J connectivity index is 0.000000830. The second kappa shape index (κ2) is 11.4. The molecule has 0 saturated heterocycles. The van der Waals surface area contributed by atoms with Crippen molar-refractivity contribution in [3.63, 3.8) is 0 Å². The highest BCUT2D eigenvalue weighted by Crippen LogP contribution is 2.39. The topological polar surface area (TPSA) is 144 Å². The molecule has 0 unspecified atom stereocenters. The number of aryl methyl sites for hydroxylation is 1. The zero-order chi connectivity index (χ0) is 27.3. The van der Waals surface area contributed by atoms with Crippen LogP contribution in [-0.4, -0.2) is 57.0 Å². The van der Waals surface area contributed by atoms with Crippen molar-refractivity contribution >= 4 is 40.8 Å². The van der Waals surface area contributed by atoms with Crippen LogP contribution in [0.15, 0.2) is 30.6 Å². The number of nitrogens with one attached hydrogen (secondary N) is 1. The van der Waals surface area contributed by atoms with E-state index in [2.05, 4.69) is 25.4 Å². The van der Waals surface area contributed by atoms with Crippen LogP contribution in [0.5, 0.6) is 5.75 Å². The highest BCUT2D eigenvalue weighted by Gasteiger charge is 2.35. The Kier molecular flexibility index (Phi) is 9.29. The molecule has 0 amide bonds. The zero-order valence-electron chi connectivity index (χ0n) is 19.2. The number of hydrogen-bond donors (Lipinski definition) is 1. The molecule has 0 spiro atoms. The second-order valence-electron chi connectivity index (χ2n) is 7.45. The molecule has 2 aromatic heterocycles. The number of halogens is 4.